The topological polar surface area (TPSA) is 17.1 Å². The third kappa shape index (κ3) is 2.00. The van der Waals surface area contributed by atoms with E-state index in [-0.39, 0.29) is 0 Å². The Bertz CT molecular complexity index is 326. The van der Waals surface area contributed by atoms with Crippen molar-refractivity contribution in [2.24, 2.45) is 23.7 Å². The maximum absolute atomic E-state index is 10.9. The van der Waals surface area contributed by atoms with Gasteiger partial charge in [-0.3, -0.25) is 4.79 Å². The normalized spacial score (nSPS) is 38.5. The summed E-state index contributed by atoms with van der Waals surface area (Å²) < 4.78 is 0. The molecule has 1 saturated carbocycles. The van der Waals surface area contributed by atoms with Crippen LogP contribution >= 0.6 is 0 Å². The third-order valence-electron chi connectivity index (χ3n) is 4.60. The molecule has 0 spiro atoms. The van der Waals surface area contributed by atoms with Crippen molar-refractivity contribution in [3.8, 4) is 0 Å². The molecule has 0 bridgehead atoms. The van der Waals surface area contributed by atoms with Crippen molar-refractivity contribution in [2.45, 2.75) is 39.5 Å². The number of fused-ring (bicyclic) bond motifs is 1. The molecule has 4 unspecified atom stereocenters. The molecule has 16 heavy (non-hydrogen) atoms. The van der Waals surface area contributed by atoms with Crippen LogP contribution in [-0.4, -0.2) is 6.29 Å². The van der Waals surface area contributed by atoms with E-state index in [1.54, 1.807) is 0 Å². The summed E-state index contributed by atoms with van der Waals surface area (Å²) in [5.74, 6) is 2.58. The minimum absolute atomic E-state index is 0.411. The predicted octanol–water partition coefficient (Wildman–Crippen LogP) is 3.76. The smallest absolute Gasteiger partial charge is 0.145 e. The Morgan fingerprint density at radius 2 is 2.19 bits per heavy atom. The molecule has 88 valence electrons. The van der Waals surface area contributed by atoms with E-state index < -0.39 is 0 Å². The number of rotatable bonds is 2. The molecule has 0 amide bonds. The van der Waals surface area contributed by atoms with Crippen molar-refractivity contribution in [3.63, 3.8) is 0 Å². The molecule has 1 fully saturated rings. The van der Waals surface area contributed by atoms with Gasteiger partial charge in [-0.05, 0) is 61.9 Å². The molecule has 2 rings (SSSR count). The highest BCUT2D eigenvalue weighted by Gasteiger charge is 2.38. The van der Waals surface area contributed by atoms with E-state index in [1.165, 1.54) is 24.8 Å². The van der Waals surface area contributed by atoms with Crippen LogP contribution in [0.5, 0.6) is 0 Å². The van der Waals surface area contributed by atoms with Crippen molar-refractivity contribution in [3.05, 3.63) is 23.8 Å². The van der Waals surface area contributed by atoms with Crippen molar-refractivity contribution in [1.82, 2.24) is 0 Å². The van der Waals surface area contributed by atoms with Gasteiger partial charge >= 0.3 is 0 Å². The Balaban J connectivity index is 2.25. The molecule has 0 heterocycles. The Morgan fingerprint density at radius 3 is 2.88 bits per heavy atom. The van der Waals surface area contributed by atoms with E-state index in [9.17, 15) is 4.79 Å². The molecule has 0 radical (unpaired) electrons. The zero-order valence-corrected chi connectivity index (χ0v) is 10.4. The number of carbonyl (C=O) groups is 1. The van der Waals surface area contributed by atoms with Gasteiger partial charge in [-0.25, -0.2) is 0 Å². The van der Waals surface area contributed by atoms with Gasteiger partial charge in [-0.2, -0.15) is 0 Å². The summed E-state index contributed by atoms with van der Waals surface area (Å²) in [7, 11) is 0. The van der Waals surface area contributed by atoms with Gasteiger partial charge in [0.25, 0.3) is 0 Å². The summed E-state index contributed by atoms with van der Waals surface area (Å²) in [6.45, 7) is 8.53. The van der Waals surface area contributed by atoms with Crippen LogP contribution < -0.4 is 0 Å². The van der Waals surface area contributed by atoms with Gasteiger partial charge in [0.15, 0.2) is 0 Å². The number of aldehydes is 1. The van der Waals surface area contributed by atoms with Gasteiger partial charge in [-0.15, -0.1) is 0 Å². The largest absolute Gasteiger partial charge is 0.298 e. The summed E-state index contributed by atoms with van der Waals surface area (Å²) in [5.41, 5.74) is 2.31. The number of hydrogen-bond donors (Lipinski definition) is 0. The molecule has 0 N–H and O–H groups in total. The summed E-state index contributed by atoms with van der Waals surface area (Å²) in [4.78, 5) is 10.9. The van der Waals surface area contributed by atoms with E-state index in [4.69, 9.17) is 0 Å². The fraction of sp³-hybridized carbons (Fsp3) is 0.667. The lowest BCUT2D eigenvalue weighted by Crippen LogP contribution is -2.35. The Morgan fingerprint density at radius 1 is 1.44 bits per heavy atom. The minimum Gasteiger partial charge on any atom is -0.298 e. The molecule has 0 aromatic rings. The molecular formula is C15H22O. The number of hydrogen-bond acceptors (Lipinski definition) is 1. The van der Waals surface area contributed by atoms with E-state index in [0.29, 0.717) is 11.8 Å². The lowest BCUT2D eigenvalue weighted by Gasteiger charge is -2.43. The highest BCUT2D eigenvalue weighted by molar-refractivity contribution is 5.73. The fourth-order valence-corrected chi connectivity index (χ4v) is 3.57. The van der Waals surface area contributed by atoms with Crippen molar-refractivity contribution >= 4 is 6.29 Å². The SMILES string of the molecule is C=C(C=O)C1CCC(C)C2CCC(C)=CC12. The quantitative estimate of drug-likeness (QED) is 0.392. The Kier molecular flexibility index (Phi) is 3.32. The van der Waals surface area contributed by atoms with Crippen LogP contribution in [0.3, 0.4) is 0 Å². The molecule has 1 nitrogen and oxygen atoms in total. The predicted molar refractivity (Wildman–Crippen MR) is 67.1 cm³/mol. The Labute approximate surface area is 98.6 Å². The van der Waals surface area contributed by atoms with Crippen molar-refractivity contribution in [1.29, 1.82) is 0 Å². The lowest BCUT2D eigenvalue weighted by molar-refractivity contribution is -0.105. The molecule has 0 saturated heterocycles. The van der Waals surface area contributed by atoms with E-state index in [2.05, 4.69) is 26.5 Å². The van der Waals surface area contributed by atoms with E-state index in [1.807, 2.05) is 0 Å². The maximum Gasteiger partial charge on any atom is 0.145 e. The van der Waals surface area contributed by atoms with Gasteiger partial charge in [0, 0.05) is 0 Å². The lowest BCUT2D eigenvalue weighted by atomic mass is 9.61. The van der Waals surface area contributed by atoms with Gasteiger partial charge in [0.2, 0.25) is 0 Å². The van der Waals surface area contributed by atoms with E-state index >= 15 is 0 Å². The van der Waals surface area contributed by atoms with Crippen LogP contribution in [0.2, 0.25) is 0 Å². The van der Waals surface area contributed by atoms with Crippen LogP contribution in [0.4, 0.5) is 0 Å². The van der Waals surface area contributed by atoms with Crippen LogP contribution in [-0.2, 0) is 4.79 Å². The standard InChI is InChI=1S/C15H22O/c1-10-4-6-13-11(2)5-7-14(12(3)9-16)15(13)8-10/h8-9,11,13-15H,3-7H2,1-2H3. The second-order valence-corrected chi connectivity index (χ2v) is 5.65. The molecular weight excluding hydrogens is 196 g/mol. The van der Waals surface area contributed by atoms with Gasteiger partial charge in [0.05, 0.1) is 0 Å². The van der Waals surface area contributed by atoms with Crippen LogP contribution in [0, 0.1) is 23.7 Å². The summed E-state index contributed by atoms with van der Waals surface area (Å²) >= 11 is 0. The highest BCUT2D eigenvalue weighted by atomic mass is 16.1. The molecule has 0 aromatic heterocycles. The van der Waals surface area contributed by atoms with Gasteiger partial charge in [-0.1, -0.05) is 25.2 Å². The summed E-state index contributed by atoms with van der Waals surface area (Å²) in [6, 6.07) is 0. The van der Waals surface area contributed by atoms with Gasteiger partial charge < -0.3 is 0 Å². The summed E-state index contributed by atoms with van der Waals surface area (Å²) in [5, 5.41) is 0. The third-order valence-corrected chi connectivity index (χ3v) is 4.60. The van der Waals surface area contributed by atoms with E-state index in [0.717, 1.165) is 30.1 Å². The monoisotopic (exact) mass is 218 g/mol. The van der Waals surface area contributed by atoms with Crippen LogP contribution in [0.15, 0.2) is 23.8 Å². The Hall–Kier alpha value is -0.850. The van der Waals surface area contributed by atoms with Gasteiger partial charge in [0.1, 0.15) is 6.29 Å². The second-order valence-electron chi connectivity index (χ2n) is 5.65. The average molecular weight is 218 g/mol. The zero-order chi connectivity index (χ0) is 11.7. The first-order chi connectivity index (χ1) is 7.63. The number of carbonyl (C=O) groups excluding carboxylic acids is 1. The summed E-state index contributed by atoms with van der Waals surface area (Å²) in [6.07, 6.45) is 8.33. The number of allylic oxidation sites excluding steroid dienone is 3. The zero-order valence-electron chi connectivity index (χ0n) is 10.4. The molecule has 0 aliphatic heterocycles. The molecule has 0 aromatic carbocycles. The maximum atomic E-state index is 10.9. The molecule has 2 aliphatic rings. The minimum atomic E-state index is 0.411. The van der Waals surface area contributed by atoms with Crippen molar-refractivity contribution < 1.29 is 4.79 Å². The average Bonchev–Trinajstić information content (AvgIpc) is 2.28. The first-order valence-corrected chi connectivity index (χ1v) is 6.44. The first kappa shape index (κ1) is 11.6. The highest BCUT2D eigenvalue weighted by Crippen LogP contribution is 2.47. The second kappa shape index (κ2) is 4.57. The molecule has 1 heteroatoms. The molecule has 2 aliphatic carbocycles. The first-order valence-electron chi connectivity index (χ1n) is 6.44. The molecule has 4 atom stereocenters. The van der Waals surface area contributed by atoms with Crippen LogP contribution in [0.25, 0.3) is 0 Å². The fourth-order valence-electron chi connectivity index (χ4n) is 3.57. The van der Waals surface area contributed by atoms with Crippen molar-refractivity contribution in [2.75, 3.05) is 0 Å². The van der Waals surface area contributed by atoms with Crippen LogP contribution in [0.1, 0.15) is 39.5 Å².